The first-order valence-corrected chi connectivity index (χ1v) is 10.6. The molecule has 6 heteroatoms. The van der Waals surface area contributed by atoms with Crippen molar-refractivity contribution in [3.05, 3.63) is 35.4 Å². The molecule has 2 rings (SSSR count). The Balaban J connectivity index is 2.42. The fourth-order valence-electron chi connectivity index (χ4n) is 3.86. The van der Waals surface area contributed by atoms with E-state index in [1.807, 2.05) is 32.9 Å². The van der Waals surface area contributed by atoms with E-state index in [4.69, 9.17) is 14.2 Å². The smallest absolute Gasteiger partial charge is 0.410 e. The maximum Gasteiger partial charge on any atom is 0.410 e. The first kappa shape index (κ1) is 24.1. The quantitative estimate of drug-likeness (QED) is 0.637. The Morgan fingerprint density at radius 1 is 1.23 bits per heavy atom. The average molecular weight is 420 g/mol. The monoisotopic (exact) mass is 419 g/mol. The molecule has 1 aromatic carbocycles. The molecular formula is C24H37NO5. The Bertz CT molecular complexity index is 766. The number of hydrogen-bond acceptors (Lipinski definition) is 5. The van der Waals surface area contributed by atoms with Crippen LogP contribution in [0.3, 0.4) is 0 Å². The van der Waals surface area contributed by atoms with Crippen molar-refractivity contribution in [2.24, 2.45) is 5.92 Å². The second kappa shape index (κ2) is 9.73. The number of ether oxygens (including phenoxy) is 3. The molecule has 30 heavy (non-hydrogen) atoms. The Morgan fingerprint density at radius 2 is 1.83 bits per heavy atom. The molecule has 0 bridgehead atoms. The highest BCUT2D eigenvalue weighted by Gasteiger charge is 2.36. The van der Waals surface area contributed by atoms with Gasteiger partial charge < -0.3 is 24.2 Å². The number of amides is 1. The largest absolute Gasteiger partial charge is 0.493 e. The molecule has 1 heterocycles. The van der Waals surface area contributed by atoms with Gasteiger partial charge in [-0.25, -0.2) is 4.79 Å². The van der Waals surface area contributed by atoms with Gasteiger partial charge in [-0.05, 0) is 68.4 Å². The van der Waals surface area contributed by atoms with Crippen LogP contribution in [0.15, 0.2) is 24.3 Å². The number of methoxy groups -OCH3 is 2. The minimum absolute atomic E-state index is 0.345. The van der Waals surface area contributed by atoms with Crippen LogP contribution in [0, 0.1) is 5.92 Å². The number of carbonyl (C=O) groups excluding carboxylic acids is 1. The van der Waals surface area contributed by atoms with E-state index < -0.39 is 11.7 Å². The number of hydrogen-bond donors (Lipinski definition) is 1. The molecule has 2 atom stereocenters. The standard InChI is InChI=1S/C24H37NO5/c1-15(2)11-16(3)20(26)14-19-18-13-22(29-8)21(28-7)12-17(18)9-10-25(19)23(27)30-24(4,5)6/h12-13,15,19-20,26H,3,9-11,14H2,1-2,4-8H3/t19-,20?/m1/s1. The number of carbonyl (C=O) groups is 1. The van der Waals surface area contributed by atoms with E-state index in [1.165, 1.54) is 0 Å². The van der Waals surface area contributed by atoms with E-state index >= 15 is 0 Å². The van der Waals surface area contributed by atoms with Gasteiger partial charge in [-0.3, -0.25) is 0 Å². The maximum absolute atomic E-state index is 13.0. The number of rotatable bonds is 7. The first-order chi connectivity index (χ1) is 14.0. The molecule has 1 aliphatic rings. The van der Waals surface area contributed by atoms with Crippen LogP contribution < -0.4 is 9.47 Å². The van der Waals surface area contributed by atoms with E-state index in [-0.39, 0.29) is 12.1 Å². The lowest BCUT2D eigenvalue weighted by atomic mass is 9.86. The highest BCUT2D eigenvalue weighted by molar-refractivity contribution is 5.70. The number of nitrogens with zero attached hydrogens (tertiary/aromatic N) is 1. The van der Waals surface area contributed by atoms with Gasteiger partial charge in [-0.15, -0.1) is 0 Å². The molecule has 6 nitrogen and oxygen atoms in total. The summed E-state index contributed by atoms with van der Waals surface area (Å²) in [6, 6.07) is 3.53. The van der Waals surface area contributed by atoms with E-state index in [9.17, 15) is 9.90 Å². The Labute approximate surface area is 180 Å². The van der Waals surface area contributed by atoms with Crippen LogP contribution in [0.2, 0.25) is 0 Å². The molecule has 168 valence electrons. The normalized spacial score (nSPS) is 17.4. The average Bonchev–Trinajstić information content (AvgIpc) is 2.64. The zero-order valence-electron chi connectivity index (χ0n) is 19.4. The fourth-order valence-corrected chi connectivity index (χ4v) is 3.86. The van der Waals surface area contributed by atoms with Crippen molar-refractivity contribution in [3.8, 4) is 11.5 Å². The van der Waals surface area contributed by atoms with E-state index in [1.54, 1.807) is 19.1 Å². The topological polar surface area (TPSA) is 68.2 Å². The molecule has 0 spiro atoms. The summed E-state index contributed by atoms with van der Waals surface area (Å²) in [7, 11) is 3.20. The maximum atomic E-state index is 13.0. The fraction of sp³-hybridized carbons (Fsp3) is 0.625. The Morgan fingerprint density at radius 3 is 2.37 bits per heavy atom. The van der Waals surface area contributed by atoms with Gasteiger partial charge in [0.05, 0.1) is 26.4 Å². The third kappa shape index (κ3) is 5.91. The molecular weight excluding hydrogens is 382 g/mol. The molecule has 1 N–H and O–H groups in total. The summed E-state index contributed by atoms with van der Waals surface area (Å²) >= 11 is 0. The van der Waals surface area contributed by atoms with Crippen LogP contribution in [0.1, 0.15) is 64.6 Å². The summed E-state index contributed by atoms with van der Waals surface area (Å²) < 4.78 is 16.6. The van der Waals surface area contributed by atoms with Crippen molar-refractivity contribution >= 4 is 6.09 Å². The summed E-state index contributed by atoms with van der Waals surface area (Å²) in [5.74, 6) is 1.66. The summed E-state index contributed by atoms with van der Waals surface area (Å²) in [5, 5.41) is 10.9. The van der Waals surface area contributed by atoms with E-state index in [2.05, 4.69) is 20.4 Å². The minimum Gasteiger partial charge on any atom is -0.493 e. The summed E-state index contributed by atoms with van der Waals surface area (Å²) in [6.07, 6.45) is 0.664. The number of fused-ring (bicyclic) bond motifs is 1. The Hall–Kier alpha value is -2.21. The van der Waals surface area contributed by atoms with Crippen molar-refractivity contribution in [1.29, 1.82) is 0 Å². The van der Waals surface area contributed by atoms with Crippen molar-refractivity contribution < 1.29 is 24.1 Å². The molecule has 1 aliphatic heterocycles. The van der Waals surface area contributed by atoms with Gasteiger partial charge in [0.1, 0.15) is 5.60 Å². The number of aliphatic hydroxyl groups excluding tert-OH is 1. The minimum atomic E-state index is -0.721. The number of aliphatic hydroxyl groups is 1. The van der Waals surface area contributed by atoms with Crippen LogP contribution in [-0.2, 0) is 11.2 Å². The van der Waals surface area contributed by atoms with Crippen LogP contribution in [-0.4, -0.2) is 48.6 Å². The molecule has 0 aromatic heterocycles. The lowest BCUT2D eigenvalue weighted by molar-refractivity contribution is 0.00895. The van der Waals surface area contributed by atoms with E-state index in [0.717, 1.165) is 23.1 Å². The van der Waals surface area contributed by atoms with Crippen molar-refractivity contribution in [2.75, 3.05) is 20.8 Å². The zero-order chi connectivity index (χ0) is 22.6. The van der Waals surface area contributed by atoms with Crippen molar-refractivity contribution in [2.45, 2.75) is 71.6 Å². The van der Waals surface area contributed by atoms with Crippen LogP contribution in [0.5, 0.6) is 11.5 Å². The second-order valence-corrected chi connectivity index (χ2v) is 9.35. The SMILES string of the molecule is C=C(CC(C)C)C(O)C[C@@H]1c2cc(OC)c(OC)cc2CCN1C(=O)OC(C)(C)C. The van der Waals surface area contributed by atoms with Gasteiger partial charge in [0, 0.05) is 13.0 Å². The Kier molecular flexibility index (Phi) is 7.81. The molecule has 1 amide bonds. The van der Waals surface area contributed by atoms with Gasteiger partial charge in [-0.2, -0.15) is 0 Å². The lowest BCUT2D eigenvalue weighted by Crippen LogP contribution is -2.44. The highest BCUT2D eigenvalue weighted by Crippen LogP contribution is 2.41. The van der Waals surface area contributed by atoms with E-state index in [0.29, 0.717) is 36.8 Å². The van der Waals surface area contributed by atoms with Crippen LogP contribution in [0.4, 0.5) is 4.79 Å². The zero-order valence-corrected chi connectivity index (χ0v) is 19.4. The molecule has 0 aliphatic carbocycles. The van der Waals surface area contributed by atoms with Gasteiger partial charge >= 0.3 is 6.09 Å². The molecule has 1 aromatic rings. The van der Waals surface area contributed by atoms with Crippen molar-refractivity contribution in [1.82, 2.24) is 4.90 Å². The summed E-state index contributed by atoms with van der Waals surface area (Å²) in [5.41, 5.74) is 2.21. The lowest BCUT2D eigenvalue weighted by Gasteiger charge is -2.39. The third-order valence-electron chi connectivity index (χ3n) is 5.22. The molecule has 0 fully saturated rings. The highest BCUT2D eigenvalue weighted by atomic mass is 16.6. The molecule has 0 saturated carbocycles. The number of benzene rings is 1. The molecule has 0 saturated heterocycles. The summed E-state index contributed by atoms with van der Waals surface area (Å²) in [6.45, 7) is 14.3. The van der Waals surface area contributed by atoms with Gasteiger partial charge in [0.25, 0.3) is 0 Å². The predicted molar refractivity (Wildman–Crippen MR) is 118 cm³/mol. The molecule has 1 unspecified atom stereocenters. The van der Waals surface area contributed by atoms with Crippen molar-refractivity contribution in [3.63, 3.8) is 0 Å². The van der Waals surface area contributed by atoms with Crippen LogP contribution in [0.25, 0.3) is 0 Å². The second-order valence-electron chi connectivity index (χ2n) is 9.35. The summed E-state index contributed by atoms with van der Waals surface area (Å²) in [4.78, 5) is 14.7. The third-order valence-corrected chi connectivity index (χ3v) is 5.22. The predicted octanol–water partition coefficient (Wildman–Crippen LogP) is 4.89. The van der Waals surface area contributed by atoms with Gasteiger partial charge in [0.15, 0.2) is 11.5 Å². The van der Waals surface area contributed by atoms with Gasteiger partial charge in [0.2, 0.25) is 0 Å². The molecule has 0 radical (unpaired) electrons. The van der Waals surface area contributed by atoms with Crippen LogP contribution >= 0.6 is 0 Å². The van der Waals surface area contributed by atoms with Gasteiger partial charge in [-0.1, -0.05) is 20.4 Å². The first-order valence-electron chi connectivity index (χ1n) is 10.6.